The minimum atomic E-state index is -0.547. The second-order valence-electron chi connectivity index (χ2n) is 13.7. The summed E-state index contributed by atoms with van der Waals surface area (Å²) in [5.74, 6) is -1.67. The molecule has 0 atom stereocenters. The van der Waals surface area contributed by atoms with Crippen molar-refractivity contribution in [2.45, 2.75) is 73.8 Å². The molecule has 0 aromatic heterocycles. The topological polar surface area (TPSA) is 155 Å². The predicted molar refractivity (Wildman–Crippen MR) is 213 cm³/mol. The van der Waals surface area contributed by atoms with Crippen LogP contribution in [0.1, 0.15) is 72.8 Å². The molecular formula is C44H44N4O8. The summed E-state index contributed by atoms with van der Waals surface area (Å²) in [6.45, 7) is 10.8. The fourth-order valence-corrected chi connectivity index (χ4v) is 6.94. The van der Waals surface area contributed by atoms with Crippen molar-refractivity contribution in [2.24, 2.45) is 20.0 Å². The van der Waals surface area contributed by atoms with E-state index < -0.39 is 5.97 Å². The van der Waals surface area contributed by atoms with E-state index in [0.29, 0.717) is 70.5 Å². The maximum atomic E-state index is 14.0. The summed E-state index contributed by atoms with van der Waals surface area (Å²) in [6, 6.07) is 9.43. The zero-order chi connectivity index (χ0) is 40.1. The van der Waals surface area contributed by atoms with E-state index >= 15 is 0 Å². The summed E-state index contributed by atoms with van der Waals surface area (Å²) >= 11 is 0. The molecule has 5 aliphatic rings. The molecule has 1 aromatic rings. The van der Waals surface area contributed by atoms with Gasteiger partial charge in [-0.3, -0.25) is 14.4 Å². The molecule has 6 rings (SSSR count). The monoisotopic (exact) mass is 756 g/mol. The van der Waals surface area contributed by atoms with E-state index in [1.807, 2.05) is 76.3 Å². The minimum Gasteiger partial charge on any atom is -0.469 e. The van der Waals surface area contributed by atoms with E-state index in [1.165, 1.54) is 21.0 Å². The number of carbonyl (C=O) groups is 4. The molecule has 0 saturated carbocycles. The SMILES string of the molecule is COC(=O)CCC1=C(C)C2=CC3=NC(=CC4=NC(=CC5=NC(=CC1=N2)C(C(=O)OCc1ccccc1)=C5C)C(CCOC(C)=O)=C4C)C(CCOC(C)=O)=C3C. The van der Waals surface area contributed by atoms with Crippen molar-refractivity contribution >= 4 is 46.7 Å². The maximum absolute atomic E-state index is 14.0. The van der Waals surface area contributed by atoms with Gasteiger partial charge in [-0.1, -0.05) is 30.3 Å². The summed E-state index contributed by atoms with van der Waals surface area (Å²) in [4.78, 5) is 69.9. The molecule has 0 fully saturated rings. The number of ether oxygens (including phenoxy) is 4. The van der Waals surface area contributed by atoms with Crippen LogP contribution in [0, 0.1) is 0 Å². The Labute approximate surface area is 325 Å². The number of hydrogen-bond acceptors (Lipinski definition) is 12. The minimum absolute atomic E-state index is 0.0692. The Hall–Kier alpha value is -6.30. The first-order chi connectivity index (χ1) is 26.8. The van der Waals surface area contributed by atoms with Gasteiger partial charge in [-0.05, 0) is 103 Å². The first-order valence-electron chi connectivity index (χ1n) is 18.4. The molecular weight excluding hydrogens is 713 g/mol. The highest BCUT2D eigenvalue weighted by Gasteiger charge is 2.32. The molecule has 0 amide bonds. The zero-order valence-corrected chi connectivity index (χ0v) is 32.7. The molecule has 5 heterocycles. The standard InChI is InChI=1S/C44H44N4O8/c1-24-31(13-14-42(51)53-7)40-22-41-43(44(52)56-23-30-11-9-8-10-12-30)27(4)37(48-41)21-39-33(16-18-55-29(6)50)26(3)36(47-39)20-38-32(15-17-54-28(5)49)25(2)35(45-38)19-34(24)46-40/h8-12,19-22H,13-18,23H2,1-7H3. The smallest absolute Gasteiger partial charge is 0.341 e. The van der Waals surface area contributed by atoms with Crippen LogP contribution in [0.3, 0.4) is 0 Å². The van der Waals surface area contributed by atoms with Crippen molar-refractivity contribution in [3.05, 3.63) is 128 Å². The third-order valence-corrected chi connectivity index (χ3v) is 10.0. The number of nitrogens with zero attached hydrogens (tertiary/aromatic N) is 4. The predicted octanol–water partition coefficient (Wildman–Crippen LogP) is 7.22. The lowest BCUT2D eigenvalue weighted by Gasteiger charge is -2.09. The van der Waals surface area contributed by atoms with Crippen molar-refractivity contribution in [3.8, 4) is 0 Å². The van der Waals surface area contributed by atoms with E-state index in [0.717, 1.165) is 39.0 Å². The molecule has 0 N–H and O–H groups in total. The van der Waals surface area contributed by atoms with E-state index in [4.69, 9.17) is 38.9 Å². The zero-order valence-electron chi connectivity index (χ0n) is 32.7. The Morgan fingerprint density at radius 3 is 1.61 bits per heavy atom. The van der Waals surface area contributed by atoms with Crippen molar-refractivity contribution < 1.29 is 38.1 Å². The van der Waals surface area contributed by atoms with Gasteiger partial charge in [-0.25, -0.2) is 24.8 Å². The fraction of sp³-hybridized carbons (Fsp3) is 0.318. The van der Waals surface area contributed by atoms with Gasteiger partial charge >= 0.3 is 23.9 Å². The summed E-state index contributed by atoms with van der Waals surface area (Å²) in [6.07, 6.45) is 8.68. The summed E-state index contributed by atoms with van der Waals surface area (Å²) < 4.78 is 21.5. The van der Waals surface area contributed by atoms with E-state index in [1.54, 1.807) is 6.08 Å². The Kier molecular flexibility index (Phi) is 12.0. The van der Waals surface area contributed by atoms with Gasteiger partial charge in [0.25, 0.3) is 0 Å². The molecule has 0 spiro atoms. The molecule has 12 heteroatoms. The average Bonchev–Trinajstić information content (AvgIpc) is 3.83. The van der Waals surface area contributed by atoms with E-state index in [9.17, 15) is 19.2 Å². The van der Waals surface area contributed by atoms with Crippen LogP contribution in [0.2, 0.25) is 0 Å². The Morgan fingerprint density at radius 1 is 0.554 bits per heavy atom. The van der Waals surface area contributed by atoms with Crippen molar-refractivity contribution in [2.75, 3.05) is 20.3 Å². The number of fused-ring (bicyclic) bond motifs is 4. The number of hydrogen-bond donors (Lipinski definition) is 0. The highest BCUT2D eigenvalue weighted by atomic mass is 16.5. The molecule has 12 nitrogen and oxygen atoms in total. The van der Waals surface area contributed by atoms with Gasteiger partial charge in [0.1, 0.15) is 6.61 Å². The average molecular weight is 757 g/mol. The number of rotatable bonds is 12. The first kappa shape index (κ1) is 39.4. The highest BCUT2D eigenvalue weighted by Crippen LogP contribution is 2.38. The molecule has 1 aromatic carbocycles. The van der Waals surface area contributed by atoms with Gasteiger partial charge in [-0.15, -0.1) is 0 Å². The fourth-order valence-electron chi connectivity index (χ4n) is 6.94. The summed E-state index contributed by atoms with van der Waals surface area (Å²) in [5, 5.41) is 0. The maximum Gasteiger partial charge on any atom is 0.341 e. The van der Waals surface area contributed by atoms with Crippen LogP contribution in [-0.4, -0.2) is 67.0 Å². The number of esters is 4. The van der Waals surface area contributed by atoms with Crippen molar-refractivity contribution in [1.29, 1.82) is 0 Å². The Morgan fingerprint density at radius 2 is 1.05 bits per heavy atom. The number of carbonyl (C=O) groups excluding carboxylic acids is 4. The highest BCUT2D eigenvalue weighted by molar-refractivity contribution is 6.22. The van der Waals surface area contributed by atoms with Gasteiger partial charge in [-0.2, -0.15) is 0 Å². The van der Waals surface area contributed by atoms with Crippen molar-refractivity contribution in [1.82, 2.24) is 0 Å². The molecule has 0 aliphatic carbocycles. The van der Waals surface area contributed by atoms with Crippen LogP contribution in [0.15, 0.2) is 142 Å². The molecule has 288 valence electrons. The molecule has 56 heavy (non-hydrogen) atoms. The first-order valence-corrected chi connectivity index (χ1v) is 18.4. The largest absolute Gasteiger partial charge is 0.469 e. The summed E-state index contributed by atoms with van der Waals surface area (Å²) in [5.41, 5.74) is 11.5. The van der Waals surface area contributed by atoms with Gasteiger partial charge in [0.05, 0.1) is 71.5 Å². The number of aliphatic imine (C=N–C) groups is 4. The normalized spacial score (nSPS) is 17.5. The number of allylic oxidation sites excluding steroid dienone is 11. The third kappa shape index (κ3) is 8.64. The number of methoxy groups -OCH3 is 1. The number of benzene rings is 1. The lowest BCUT2D eigenvalue weighted by atomic mass is 9.97. The van der Waals surface area contributed by atoms with Crippen molar-refractivity contribution in [3.63, 3.8) is 0 Å². The quantitative estimate of drug-likeness (QED) is 0.160. The molecule has 8 bridgehead atoms. The molecule has 5 aliphatic heterocycles. The second-order valence-corrected chi connectivity index (χ2v) is 13.7. The lowest BCUT2D eigenvalue weighted by Crippen LogP contribution is -2.11. The van der Waals surface area contributed by atoms with Gasteiger partial charge < -0.3 is 18.9 Å². The molecule has 0 radical (unpaired) electrons. The second kappa shape index (κ2) is 17.0. The van der Waals surface area contributed by atoms with Crippen LogP contribution >= 0.6 is 0 Å². The van der Waals surface area contributed by atoms with Gasteiger partial charge in [0, 0.05) is 33.1 Å². The van der Waals surface area contributed by atoms with Crippen LogP contribution < -0.4 is 0 Å². The summed E-state index contributed by atoms with van der Waals surface area (Å²) in [7, 11) is 1.35. The van der Waals surface area contributed by atoms with Crippen LogP contribution in [0.4, 0.5) is 0 Å². The van der Waals surface area contributed by atoms with Crippen LogP contribution in [0.25, 0.3) is 0 Å². The molecule has 0 saturated heterocycles. The van der Waals surface area contributed by atoms with E-state index in [2.05, 4.69) is 0 Å². The van der Waals surface area contributed by atoms with Gasteiger partial charge in [0.2, 0.25) is 0 Å². The van der Waals surface area contributed by atoms with Crippen LogP contribution in [-0.2, 0) is 44.7 Å². The van der Waals surface area contributed by atoms with Crippen LogP contribution in [0.5, 0.6) is 0 Å². The van der Waals surface area contributed by atoms with E-state index in [-0.39, 0.29) is 49.7 Å². The lowest BCUT2D eigenvalue weighted by molar-refractivity contribution is -0.141. The molecule has 0 unspecified atom stereocenters. The Bertz CT molecular complexity index is 2300. The van der Waals surface area contributed by atoms with Gasteiger partial charge in [0.15, 0.2) is 0 Å². The third-order valence-electron chi connectivity index (χ3n) is 10.0. The Balaban J connectivity index is 1.53.